The van der Waals surface area contributed by atoms with Crippen LogP contribution in [-0.4, -0.2) is 50.4 Å². The maximum Gasteiger partial charge on any atom is 0.586 e. The van der Waals surface area contributed by atoms with E-state index in [-0.39, 0.29) is 23.0 Å². The highest BCUT2D eigenvalue weighted by molar-refractivity contribution is 5.97. The molecule has 2 aromatic heterocycles. The molecule has 10 heteroatoms. The monoisotopic (exact) mass is 388 g/mol. The van der Waals surface area contributed by atoms with Crippen molar-refractivity contribution in [2.45, 2.75) is 26.1 Å². The van der Waals surface area contributed by atoms with Crippen molar-refractivity contribution >= 4 is 22.5 Å². The van der Waals surface area contributed by atoms with Gasteiger partial charge in [0.25, 0.3) is 0 Å². The van der Waals surface area contributed by atoms with Crippen LogP contribution in [0, 0.1) is 0 Å². The summed E-state index contributed by atoms with van der Waals surface area (Å²) in [5.41, 5.74) is 8.04. The van der Waals surface area contributed by atoms with Gasteiger partial charge in [-0.2, -0.15) is 4.52 Å². The van der Waals surface area contributed by atoms with Gasteiger partial charge in [0.1, 0.15) is 5.52 Å². The van der Waals surface area contributed by atoms with Crippen LogP contribution < -0.4 is 15.2 Å². The van der Waals surface area contributed by atoms with Gasteiger partial charge in [-0.05, 0) is 25.5 Å². The van der Waals surface area contributed by atoms with Crippen LogP contribution in [0.15, 0.2) is 23.8 Å². The van der Waals surface area contributed by atoms with Crippen molar-refractivity contribution in [3.05, 3.63) is 29.6 Å². The lowest BCUT2D eigenvalue weighted by molar-refractivity contribution is -0.286. The molecule has 0 spiro atoms. The predicted octanol–water partition coefficient (Wildman–Crippen LogP) is 2.38. The standard InChI is InChI=1S/C18H18F2N6O2/c1-10-4-7-25(8-5-10)9-6-13-22-16-11-2-3-12-15(28-18(19,20)27-12)14(11)23-17(21)26(16)24-13/h2-4H,5-9H2,1H3,(H2,21,23). The van der Waals surface area contributed by atoms with Gasteiger partial charge in [-0.25, -0.2) is 9.97 Å². The fraction of sp³-hybridized carbons (Fsp3) is 0.389. The molecule has 0 radical (unpaired) electrons. The number of hydrogen-bond acceptors (Lipinski definition) is 7. The number of aromatic nitrogens is 4. The quantitative estimate of drug-likeness (QED) is 0.689. The first-order valence-electron chi connectivity index (χ1n) is 9.01. The molecule has 0 amide bonds. The molecule has 0 bridgehead atoms. The molecule has 2 aliphatic heterocycles. The van der Waals surface area contributed by atoms with Gasteiger partial charge in [-0.1, -0.05) is 11.6 Å². The lowest BCUT2D eigenvalue weighted by Gasteiger charge is -2.24. The second-order valence-corrected chi connectivity index (χ2v) is 7.04. The van der Waals surface area contributed by atoms with Crippen molar-refractivity contribution in [3.63, 3.8) is 0 Å². The fourth-order valence-corrected chi connectivity index (χ4v) is 3.52. The third-order valence-corrected chi connectivity index (χ3v) is 5.05. The largest absolute Gasteiger partial charge is 0.586 e. The molecule has 146 valence electrons. The number of nitrogens with zero attached hydrogens (tertiary/aromatic N) is 5. The van der Waals surface area contributed by atoms with Gasteiger partial charge in [0.05, 0.1) is 0 Å². The van der Waals surface area contributed by atoms with E-state index < -0.39 is 6.29 Å². The molecule has 0 unspecified atom stereocenters. The topological polar surface area (TPSA) is 90.8 Å². The van der Waals surface area contributed by atoms with Crippen molar-refractivity contribution in [1.29, 1.82) is 0 Å². The summed E-state index contributed by atoms with van der Waals surface area (Å²) in [6.45, 7) is 4.90. The molecule has 0 saturated carbocycles. The van der Waals surface area contributed by atoms with Gasteiger partial charge in [0.15, 0.2) is 23.0 Å². The Labute approximate surface area is 158 Å². The lowest BCUT2D eigenvalue weighted by atomic mass is 10.1. The number of rotatable bonds is 3. The van der Waals surface area contributed by atoms with Gasteiger partial charge in [0.2, 0.25) is 5.95 Å². The summed E-state index contributed by atoms with van der Waals surface area (Å²) in [6, 6.07) is 3.02. The van der Waals surface area contributed by atoms with E-state index in [1.165, 1.54) is 16.2 Å². The summed E-state index contributed by atoms with van der Waals surface area (Å²) in [4.78, 5) is 11.1. The van der Waals surface area contributed by atoms with Gasteiger partial charge in [-0.3, -0.25) is 4.90 Å². The molecule has 0 atom stereocenters. The Balaban J connectivity index is 1.49. The Hall–Kier alpha value is -3.01. The van der Waals surface area contributed by atoms with E-state index in [0.717, 1.165) is 26.1 Å². The average Bonchev–Trinajstić information content (AvgIpc) is 3.21. The van der Waals surface area contributed by atoms with Gasteiger partial charge in [-0.15, -0.1) is 13.9 Å². The molecule has 0 saturated heterocycles. The third kappa shape index (κ3) is 2.80. The SMILES string of the molecule is CC1=CCN(CCc2nc3c4ccc5c(c4nc(N)n3n2)OC(F)(F)O5)CC1. The highest BCUT2D eigenvalue weighted by Gasteiger charge is 2.44. The highest BCUT2D eigenvalue weighted by atomic mass is 19.3. The molecule has 5 rings (SSSR count). The van der Waals surface area contributed by atoms with Crippen LogP contribution in [-0.2, 0) is 6.42 Å². The van der Waals surface area contributed by atoms with Crippen LogP contribution in [0.2, 0.25) is 0 Å². The Morgan fingerprint density at radius 1 is 1.25 bits per heavy atom. The Morgan fingerprint density at radius 3 is 2.89 bits per heavy atom. The molecular weight excluding hydrogens is 370 g/mol. The molecule has 8 nitrogen and oxygen atoms in total. The fourth-order valence-electron chi connectivity index (χ4n) is 3.52. The molecular formula is C18H18F2N6O2. The van der Waals surface area contributed by atoms with Gasteiger partial charge < -0.3 is 15.2 Å². The number of fused-ring (bicyclic) bond motifs is 5. The summed E-state index contributed by atoms with van der Waals surface area (Å²) in [6.07, 6.45) is 0.226. The minimum absolute atomic E-state index is 0.0463. The first-order valence-corrected chi connectivity index (χ1v) is 9.01. The number of alkyl halides is 2. The third-order valence-electron chi connectivity index (χ3n) is 5.05. The van der Waals surface area contributed by atoms with Crippen LogP contribution in [0.4, 0.5) is 14.7 Å². The summed E-state index contributed by atoms with van der Waals surface area (Å²) < 4.78 is 37.4. The second kappa shape index (κ2) is 5.99. The summed E-state index contributed by atoms with van der Waals surface area (Å²) in [5.74, 6) is 0.443. The zero-order valence-electron chi connectivity index (χ0n) is 15.2. The number of anilines is 1. The second-order valence-electron chi connectivity index (χ2n) is 7.04. The van der Waals surface area contributed by atoms with E-state index in [9.17, 15) is 8.78 Å². The first kappa shape index (κ1) is 17.1. The van der Waals surface area contributed by atoms with Crippen LogP contribution in [0.3, 0.4) is 0 Å². The minimum atomic E-state index is -3.72. The number of nitrogen functional groups attached to an aromatic ring is 1. The van der Waals surface area contributed by atoms with Gasteiger partial charge in [0, 0.05) is 31.4 Å². The molecule has 0 fully saturated rings. The van der Waals surface area contributed by atoms with Crippen molar-refractivity contribution in [1.82, 2.24) is 24.5 Å². The zero-order chi connectivity index (χ0) is 19.5. The number of nitrogens with two attached hydrogens (primary N) is 1. The van der Waals surface area contributed by atoms with Crippen molar-refractivity contribution in [2.24, 2.45) is 0 Å². The maximum absolute atomic E-state index is 13.4. The van der Waals surface area contributed by atoms with Crippen molar-refractivity contribution < 1.29 is 18.3 Å². The number of ether oxygens (including phenoxy) is 2. The highest BCUT2D eigenvalue weighted by Crippen LogP contribution is 2.45. The Kier molecular flexibility index (Phi) is 3.66. The normalized spacial score (nSPS) is 18.8. The molecule has 2 aliphatic rings. The van der Waals surface area contributed by atoms with E-state index >= 15 is 0 Å². The summed E-state index contributed by atoms with van der Waals surface area (Å²) in [7, 11) is 0. The Bertz CT molecular complexity index is 1130. The average molecular weight is 388 g/mol. The molecule has 2 N–H and O–H groups in total. The molecule has 28 heavy (non-hydrogen) atoms. The Morgan fingerprint density at radius 2 is 2.11 bits per heavy atom. The molecule has 1 aromatic carbocycles. The van der Waals surface area contributed by atoms with Gasteiger partial charge >= 0.3 is 6.29 Å². The molecule has 3 aromatic rings. The van der Waals surface area contributed by atoms with E-state index in [4.69, 9.17) is 5.73 Å². The summed E-state index contributed by atoms with van der Waals surface area (Å²) in [5, 5.41) is 4.96. The molecule has 4 heterocycles. The number of halogens is 2. The maximum atomic E-state index is 13.4. The number of hydrogen-bond donors (Lipinski definition) is 1. The van der Waals surface area contributed by atoms with Crippen molar-refractivity contribution in [2.75, 3.05) is 25.4 Å². The first-order chi connectivity index (χ1) is 13.4. The van der Waals surface area contributed by atoms with Crippen LogP contribution in [0.1, 0.15) is 19.2 Å². The zero-order valence-corrected chi connectivity index (χ0v) is 15.2. The molecule has 0 aliphatic carbocycles. The van der Waals surface area contributed by atoms with Crippen molar-refractivity contribution in [3.8, 4) is 11.5 Å². The lowest BCUT2D eigenvalue weighted by Crippen LogP contribution is -2.30. The van der Waals surface area contributed by atoms with E-state index in [1.54, 1.807) is 6.07 Å². The predicted molar refractivity (Wildman–Crippen MR) is 97.4 cm³/mol. The number of benzene rings is 1. The van der Waals surface area contributed by atoms with Crippen LogP contribution in [0.25, 0.3) is 16.6 Å². The van der Waals surface area contributed by atoms with E-state index in [0.29, 0.717) is 23.3 Å². The van der Waals surface area contributed by atoms with E-state index in [1.807, 2.05) is 0 Å². The van der Waals surface area contributed by atoms with Crippen LogP contribution >= 0.6 is 0 Å². The van der Waals surface area contributed by atoms with Crippen LogP contribution in [0.5, 0.6) is 11.5 Å². The summed E-state index contributed by atoms with van der Waals surface area (Å²) >= 11 is 0. The minimum Gasteiger partial charge on any atom is -0.395 e. The smallest absolute Gasteiger partial charge is 0.395 e. The van der Waals surface area contributed by atoms with E-state index in [2.05, 4.69) is 42.4 Å².